The smallest absolute Gasteiger partial charge is 0.319 e. The first-order chi connectivity index (χ1) is 7.49. The molecule has 4 nitrogen and oxygen atoms in total. The molecule has 1 aliphatic carbocycles. The number of nitrogens with one attached hydrogen (secondary N) is 1. The molecule has 0 aliphatic heterocycles. The minimum Gasteiger partial charge on any atom is -0.480 e. The van der Waals surface area contributed by atoms with Crippen LogP contribution >= 0.6 is 0 Å². The predicted octanol–water partition coefficient (Wildman–Crippen LogP) is 2.18. The van der Waals surface area contributed by atoms with Crippen LogP contribution in [0, 0.1) is 10.8 Å². The van der Waals surface area contributed by atoms with Gasteiger partial charge in [0.25, 0.3) is 0 Å². The summed E-state index contributed by atoms with van der Waals surface area (Å²) in [4.78, 5) is 23.0. The quantitative estimate of drug-likeness (QED) is 0.741. The number of amides is 1. The van der Waals surface area contributed by atoms with Gasteiger partial charge in [-0.25, -0.2) is 0 Å². The first-order valence-electron chi connectivity index (χ1n) is 6.05. The molecule has 0 aromatic heterocycles. The van der Waals surface area contributed by atoms with Crippen LogP contribution in [0.3, 0.4) is 0 Å². The monoisotopic (exact) mass is 241 g/mol. The number of carbonyl (C=O) groups is 2. The van der Waals surface area contributed by atoms with Crippen molar-refractivity contribution in [1.82, 2.24) is 5.32 Å². The highest BCUT2D eigenvalue weighted by Gasteiger charge is 2.57. The molecule has 4 heteroatoms. The summed E-state index contributed by atoms with van der Waals surface area (Å²) in [5.41, 5.74) is -1.42. The van der Waals surface area contributed by atoms with Crippen molar-refractivity contribution in [2.24, 2.45) is 10.8 Å². The molecular weight excluding hydrogens is 218 g/mol. The molecule has 1 fully saturated rings. The molecule has 0 heterocycles. The molecule has 1 saturated carbocycles. The van der Waals surface area contributed by atoms with Crippen LogP contribution in [0.2, 0.25) is 0 Å². The molecule has 98 valence electrons. The summed E-state index contributed by atoms with van der Waals surface area (Å²) in [6.07, 6.45) is 1.72. The van der Waals surface area contributed by atoms with E-state index in [0.717, 1.165) is 6.42 Å². The van der Waals surface area contributed by atoms with Crippen LogP contribution in [-0.2, 0) is 9.59 Å². The van der Waals surface area contributed by atoms with E-state index < -0.39 is 11.4 Å². The number of hydrogen-bond acceptors (Lipinski definition) is 2. The van der Waals surface area contributed by atoms with Crippen LogP contribution in [-0.4, -0.2) is 22.5 Å². The van der Waals surface area contributed by atoms with E-state index in [1.807, 2.05) is 13.8 Å². The summed E-state index contributed by atoms with van der Waals surface area (Å²) in [5.74, 6) is -1.33. The van der Waals surface area contributed by atoms with E-state index in [1.54, 1.807) is 0 Å². The Morgan fingerprint density at radius 3 is 1.94 bits per heavy atom. The molecule has 1 amide bonds. The van der Waals surface area contributed by atoms with Gasteiger partial charge >= 0.3 is 5.97 Å². The van der Waals surface area contributed by atoms with E-state index >= 15 is 0 Å². The molecule has 0 atom stereocenters. The van der Waals surface area contributed by atoms with Crippen LogP contribution in [0.1, 0.15) is 53.9 Å². The number of carbonyl (C=O) groups excluding carboxylic acids is 1. The maximum Gasteiger partial charge on any atom is 0.319 e. The predicted molar refractivity (Wildman–Crippen MR) is 65.6 cm³/mol. The summed E-state index contributed by atoms with van der Waals surface area (Å²) in [7, 11) is 0. The molecule has 0 spiro atoms. The molecule has 0 aromatic carbocycles. The molecule has 2 N–H and O–H groups in total. The number of aliphatic carboxylic acids is 1. The third-order valence-electron chi connectivity index (χ3n) is 3.02. The molecule has 0 bridgehead atoms. The normalized spacial score (nSPS) is 18.6. The van der Waals surface area contributed by atoms with Gasteiger partial charge in [-0.3, -0.25) is 9.59 Å². The van der Waals surface area contributed by atoms with Crippen LogP contribution in [0.5, 0.6) is 0 Å². The van der Waals surface area contributed by atoms with E-state index in [9.17, 15) is 9.59 Å². The van der Waals surface area contributed by atoms with Crippen molar-refractivity contribution in [1.29, 1.82) is 0 Å². The lowest BCUT2D eigenvalue weighted by atomic mass is 9.81. The van der Waals surface area contributed by atoms with E-state index in [0.29, 0.717) is 12.8 Å². The Bertz CT molecular complexity index is 335. The Hall–Kier alpha value is -1.06. The zero-order valence-corrected chi connectivity index (χ0v) is 11.4. The standard InChI is InChI=1S/C13H23NO3/c1-11(2,3)8-12(4,5)14-9(15)13(6-7-13)10(16)17/h6-8H2,1-5H3,(H,14,15)(H,16,17). The van der Waals surface area contributed by atoms with Gasteiger partial charge in [-0.2, -0.15) is 0 Å². The van der Waals surface area contributed by atoms with Gasteiger partial charge in [-0.15, -0.1) is 0 Å². The zero-order chi connectivity index (χ0) is 13.5. The van der Waals surface area contributed by atoms with Gasteiger partial charge in [0.2, 0.25) is 5.91 Å². The third-order valence-corrected chi connectivity index (χ3v) is 3.02. The lowest BCUT2D eigenvalue weighted by Gasteiger charge is -2.34. The molecule has 0 saturated heterocycles. The van der Waals surface area contributed by atoms with Crippen molar-refractivity contribution in [3.05, 3.63) is 0 Å². The largest absolute Gasteiger partial charge is 0.480 e. The van der Waals surface area contributed by atoms with Crippen molar-refractivity contribution in [3.8, 4) is 0 Å². The summed E-state index contributed by atoms with van der Waals surface area (Å²) < 4.78 is 0. The second-order valence-electron chi connectivity index (χ2n) is 6.96. The number of hydrogen-bond donors (Lipinski definition) is 2. The van der Waals surface area contributed by atoms with Gasteiger partial charge in [-0.05, 0) is 38.5 Å². The second kappa shape index (κ2) is 4.00. The van der Waals surface area contributed by atoms with Crippen molar-refractivity contribution >= 4 is 11.9 Å². The van der Waals surface area contributed by atoms with Gasteiger partial charge in [0.05, 0.1) is 0 Å². The molecule has 0 radical (unpaired) electrons. The third kappa shape index (κ3) is 3.45. The molecular formula is C13H23NO3. The van der Waals surface area contributed by atoms with Gasteiger partial charge in [-0.1, -0.05) is 20.8 Å². The summed E-state index contributed by atoms with van der Waals surface area (Å²) in [6, 6.07) is 0. The topological polar surface area (TPSA) is 66.4 Å². The number of carboxylic acids is 1. The highest BCUT2D eigenvalue weighted by Crippen LogP contribution is 2.46. The Kier molecular flexibility index (Phi) is 3.29. The van der Waals surface area contributed by atoms with Crippen molar-refractivity contribution in [2.75, 3.05) is 0 Å². The van der Waals surface area contributed by atoms with Gasteiger partial charge in [0, 0.05) is 5.54 Å². The fourth-order valence-electron chi connectivity index (χ4n) is 2.46. The van der Waals surface area contributed by atoms with Gasteiger partial charge in [0.15, 0.2) is 0 Å². The lowest BCUT2D eigenvalue weighted by molar-refractivity contribution is -0.149. The molecule has 0 unspecified atom stereocenters. The minimum absolute atomic E-state index is 0.0940. The average Bonchev–Trinajstić information content (AvgIpc) is 2.75. The highest BCUT2D eigenvalue weighted by molar-refractivity contribution is 6.05. The summed E-state index contributed by atoms with van der Waals surface area (Å²) in [5, 5.41) is 11.9. The lowest BCUT2D eigenvalue weighted by Crippen LogP contribution is -2.50. The average molecular weight is 241 g/mol. The molecule has 0 aromatic rings. The SMILES string of the molecule is CC(C)(C)CC(C)(C)NC(=O)C1(C(=O)O)CC1. The number of rotatable bonds is 4. The number of carboxylic acid groups (broad SMARTS) is 1. The van der Waals surface area contributed by atoms with Crippen molar-refractivity contribution < 1.29 is 14.7 Å². The van der Waals surface area contributed by atoms with Crippen molar-refractivity contribution in [3.63, 3.8) is 0 Å². The molecule has 1 aliphatic rings. The zero-order valence-electron chi connectivity index (χ0n) is 11.4. The Balaban J connectivity index is 2.66. The van der Waals surface area contributed by atoms with Crippen LogP contribution < -0.4 is 5.32 Å². The highest BCUT2D eigenvalue weighted by atomic mass is 16.4. The first kappa shape index (κ1) is 14.0. The van der Waals surface area contributed by atoms with E-state index in [-0.39, 0.29) is 16.9 Å². The van der Waals surface area contributed by atoms with Gasteiger partial charge < -0.3 is 10.4 Å². The second-order valence-corrected chi connectivity index (χ2v) is 6.96. The van der Waals surface area contributed by atoms with Crippen molar-refractivity contribution in [2.45, 2.75) is 59.4 Å². The van der Waals surface area contributed by atoms with Crippen LogP contribution in [0.15, 0.2) is 0 Å². The first-order valence-corrected chi connectivity index (χ1v) is 6.05. The minimum atomic E-state index is -1.14. The van der Waals surface area contributed by atoms with Gasteiger partial charge in [0.1, 0.15) is 5.41 Å². The Morgan fingerprint density at radius 2 is 1.65 bits per heavy atom. The Morgan fingerprint density at radius 1 is 1.18 bits per heavy atom. The van der Waals surface area contributed by atoms with E-state index in [2.05, 4.69) is 26.1 Å². The molecule has 17 heavy (non-hydrogen) atoms. The summed E-state index contributed by atoms with van der Waals surface area (Å²) in [6.45, 7) is 10.2. The van der Waals surface area contributed by atoms with E-state index in [4.69, 9.17) is 5.11 Å². The summed E-state index contributed by atoms with van der Waals surface area (Å²) >= 11 is 0. The van der Waals surface area contributed by atoms with Crippen LogP contribution in [0.25, 0.3) is 0 Å². The fourth-order valence-corrected chi connectivity index (χ4v) is 2.46. The molecule has 1 rings (SSSR count). The van der Waals surface area contributed by atoms with Crippen LogP contribution in [0.4, 0.5) is 0 Å². The fraction of sp³-hybridized carbons (Fsp3) is 0.846. The maximum atomic E-state index is 12.0. The van der Waals surface area contributed by atoms with E-state index in [1.165, 1.54) is 0 Å². The Labute approximate surface area is 103 Å². The maximum absolute atomic E-state index is 12.0.